The molecule has 0 fully saturated rings. The molecule has 0 heterocycles. The molecule has 0 radical (unpaired) electrons. The first-order valence-electron chi connectivity index (χ1n) is 4.67. The standard InChI is InChI=1S/C11H14N2O2/c1-7(11(14)15)5-8-3-2-4-9(6-8)10(12)13/h2-4,6-7H,5H2,1H3,(H3,12,13)(H,14,15). The number of nitrogens with one attached hydrogen (secondary N) is 1. The van der Waals surface area contributed by atoms with Crippen LogP contribution in [0.3, 0.4) is 0 Å². The lowest BCUT2D eigenvalue weighted by atomic mass is 9.99. The van der Waals surface area contributed by atoms with E-state index in [0.717, 1.165) is 5.56 Å². The molecular formula is C11H14N2O2. The fraction of sp³-hybridized carbons (Fsp3) is 0.273. The summed E-state index contributed by atoms with van der Waals surface area (Å²) in [7, 11) is 0. The normalized spacial score (nSPS) is 12.1. The van der Waals surface area contributed by atoms with E-state index in [1.807, 2.05) is 6.07 Å². The average Bonchev–Trinajstić information content (AvgIpc) is 2.18. The second-order valence-electron chi connectivity index (χ2n) is 3.56. The van der Waals surface area contributed by atoms with Crippen LogP contribution in [-0.2, 0) is 11.2 Å². The van der Waals surface area contributed by atoms with E-state index in [1.54, 1.807) is 25.1 Å². The Labute approximate surface area is 88.2 Å². The van der Waals surface area contributed by atoms with Crippen molar-refractivity contribution >= 4 is 11.8 Å². The molecule has 4 N–H and O–H groups in total. The molecule has 0 saturated carbocycles. The molecule has 0 aliphatic rings. The number of carboxylic acids is 1. The molecule has 4 heteroatoms. The Kier molecular flexibility index (Phi) is 3.44. The van der Waals surface area contributed by atoms with Crippen LogP contribution in [0.25, 0.3) is 0 Å². The van der Waals surface area contributed by atoms with Gasteiger partial charge >= 0.3 is 5.97 Å². The van der Waals surface area contributed by atoms with Gasteiger partial charge < -0.3 is 10.8 Å². The van der Waals surface area contributed by atoms with Gasteiger partial charge in [-0.2, -0.15) is 0 Å². The molecule has 80 valence electrons. The lowest BCUT2D eigenvalue weighted by molar-refractivity contribution is -0.141. The Balaban J connectivity index is 2.82. The maximum absolute atomic E-state index is 10.7. The predicted molar refractivity (Wildman–Crippen MR) is 58.0 cm³/mol. The van der Waals surface area contributed by atoms with Gasteiger partial charge in [-0.05, 0) is 18.1 Å². The number of hydrogen-bond donors (Lipinski definition) is 3. The largest absolute Gasteiger partial charge is 0.481 e. The van der Waals surface area contributed by atoms with E-state index in [1.165, 1.54) is 0 Å². The van der Waals surface area contributed by atoms with E-state index >= 15 is 0 Å². The van der Waals surface area contributed by atoms with E-state index in [0.29, 0.717) is 12.0 Å². The molecule has 0 saturated heterocycles. The fourth-order valence-electron chi connectivity index (χ4n) is 1.31. The molecule has 1 rings (SSSR count). The number of hydrogen-bond acceptors (Lipinski definition) is 2. The lowest BCUT2D eigenvalue weighted by Gasteiger charge is -2.07. The van der Waals surface area contributed by atoms with Gasteiger partial charge in [-0.1, -0.05) is 25.1 Å². The molecule has 0 spiro atoms. The number of nitrogens with two attached hydrogens (primary N) is 1. The van der Waals surface area contributed by atoms with Gasteiger partial charge in [0.05, 0.1) is 5.92 Å². The van der Waals surface area contributed by atoms with Crippen molar-refractivity contribution in [3.8, 4) is 0 Å². The summed E-state index contributed by atoms with van der Waals surface area (Å²) in [4.78, 5) is 10.7. The summed E-state index contributed by atoms with van der Waals surface area (Å²) >= 11 is 0. The zero-order valence-electron chi connectivity index (χ0n) is 8.53. The fourth-order valence-corrected chi connectivity index (χ4v) is 1.31. The smallest absolute Gasteiger partial charge is 0.306 e. The van der Waals surface area contributed by atoms with Crippen molar-refractivity contribution in [3.63, 3.8) is 0 Å². The van der Waals surface area contributed by atoms with Gasteiger partial charge in [-0.3, -0.25) is 10.2 Å². The molecule has 1 unspecified atom stereocenters. The summed E-state index contributed by atoms with van der Waals surface area (Å²) in [5, 5.41) is 16.0. The van der Waals surface area contributed by atoms with Crippen molar-refractivity contribution in [3.05, 3.63) is 35.4 Å². The highest BCUT2D eigenvalue weighted by atomic mass is 16.4. The molecule has 0 amide bonds. The van der Waals surface area contributed by atoms with Crippen LogP contribution >= 0.6 is 0 Å². The molecule has 1 aromatic rings. The van der Waals surface area contributed by atoms with Gasteiger partial charge in [0, 0.05) is 5.56 Å². The third-order valence-electron chi connectivity index (χ3n) is 2.20. The number of aliphatic carboxylic acids is 1. The minimum Gasteiger partial charge on any atom is -0.481 e. The SMILES string of the molecule is CC(Cc1cccc(C(=N)N)c1)C(=O)O. The van der Waals surface area contributed by atoms with Gasteiger partial charge in [0.2, 0.25) is 0 Å². The second kappa shape index (κ2) is 4.59. The Morgan fingerprint density at radius 3 is 2.80 bits per heavy atom. The summed E-state index contributed by atoms with van der Waals surface area (Å²) < 4.78 is 0. The van der Waals surface area contributed by atoms with Crippen molar-refractivity contribution in [2.75, 3.05) is 0 Å². The lowest BCUT2D eigenvalue weighted by Crippen LogP contribution is -2.14. The molecule has 0 aromatic heterocycles. The van der Waals surface area contributed by atoms with Crippen LogP contribution in [0.5, 0.6) is 0 Å². The van der Waals surface area contributed by atoms with Crippen molar-refractivity contribution in [1.82, 2.24) is 0 Å². The predicted octanol–water partition coefficient (Wildman–Crippen LogP) is 1.23. The van der Waals surface area contributed by atoms with Crippen LogP contribution in [0.4, 0.5) is 0 Å². The zero-order chi connectivity index (χ0) is 11.4. The Hall–Kier alpha value is -1.84. The van der Waals surface area contributed by atoms with Crippen LogP contribution in [-0.4, -0.2) is 16.9 Å². The summed E-state index contributed by atoms with van der Waals surface area (Å²) in [6, 6.07) is 7.10. The highest BCUT2D eigenvalue weighted by molar-refractivity contribution is 5.95. The number of nitrogen functional groups attached to an aromatic ring is 1. The van der Waals surface area contributed by atoms with E-state index < -0.39 is 11.9 Å². The molecule has 15 heavy (non-hydrogen) atoms. The highest BCUT2D eigenvalue weighted by Crippen LogP contribution is 2.10. The first-order chi connectivity index (χ1) is 7.00. The third kappa shape index (κ3) is 3.09. The van der Waals surface area contributed by atoms with E-state index in [-0.39, 0.29) is 5.84 Å². The Morgan fingerprint density at radius 1 is 1.60 bits per heavy atom. The molecule has 1 atom stereocenters. The number of carbonyl (C=O) groups is 1. The van der Waals surface area contributed by atoms with Crippen LogP contribution in [0.2, 0.25) is 0 Å². The molecule has 0 aliphatic heterocycles. The number of amidine groups is 1. The van der Waals surface area contributed by atoms with Crippen LogP contribution in [0, 0.1) is 11.3 Å². The van der Waals surface area contributed by atoms with E-state index in [4.69, 9.17) is 16.2 Å². The first kappa shape index (κ1) is 11.2. The van der Waals surface area contributed by atoms with Crippen molar-refractivity contribution in [2.24, 2.45) is 11.7 Å². The minimum absolute atomic E-state index is 0.000159. The second-order valence-corrected chi connectivity index (χ2v) is 3.56. The summed E-state index contributed by atoms with van der Waals surface area (Å²) in [5.74, 6) is -1.24. The van der Waals surface area contributed by atoms with Crippen LogP contribution in [0.15, 0.2) is 24.3 Å². The number of rotatable bonds is 4. The third-order valence-corrected chi connectivity index (χ3v) is 2.20. The average molecular weight is 206 g/mol. The first-order valence-corrected chi connectivity index (χ1v) is 4.67. The Bertz CT molecular complexity index is 388. The highest BCUT2D eigenvalue weighted by Gasteiger charge is 2.11. The number of carboxylic acid groups (broad SMARTS) is 1. The topological polar surface area (TPSA) is 87.2 Å². The van der Waals surface area contributed by atoms with E-state index in [2.05, 4.69) is 0 Å². The maximum Gasteiger partial charge on any atom is 0.306 e. The number of benzene rings is 1. The monoisotopic (exact) mass is 206 g/mol. The van der Waals surface area contributed by atoms with Gasteiger partial charge in [0.25, 0.3) is 0 Å². The van der Waals surface area contributed by atoms with Crippen molar-refractivity contribution < 1.29 is 9.90 Å². The molecule has 4 nitrogen and oxygen atoms in total. The zero-order valence-corrected chi connectivity index (χ0v) is 8.53. The Morgan fingerprint density at radius 2 is 2.27 bits per heavy atom. The molecule has 1 aromatic carbocycles. The molecular weight excluding hydrogens is 192 g/mol. The van der Waals surface area contributed by atoms with Gasteiger partial charge in [-0.15, -0.1) is 0 Å². The summed E-state index contributed by atoms with van der Waals surface area (Å²) in [6.45, 7) is 1.66. The van der Waals surface area contributed by atoms with Crippen molar-refractivity contribution in [2.45, 2.75) is 13.3 Å². The van der Waals surface area contributed by atoms with Crippen LogP contribution < -0.4 is 5.73 Å². The van der Waals surface area contributed by atoms with E-state index in [9.17, 15) is 4.79 Å². The van der Waals surface area contributed by atoms with Gasteiger partial charge in [0.15, 0.2) is 0 Å². The van der Waals surface area contributed by atoms with Crippen LogP contribution in [0.1, 0.15) is 18.1 Å². The quantitative estimate of drug-likeness (QED) is 0.511. The molecule has 0 bridgehead atoms. The summed E-state index contributed by atoms with van der Waals surface area (Å²) in [6.07, 6.45) is 0.455. The maximum atomic E-state index is 10.7. The van der Waals surface area contributed by atoms with Gasteiger partial charge in [0.1, 0.15) is 5.84 Å². The minimum atomic E-state index is -0.816. The molecule has 0 aliphatic carbocycles. The van der Waals surface area contributed by atoms with Crippen molar-refractivity contribution in [1.29, 1.82) is 5.41 Å². The summed E-state index contributed by atoms with van der Waals surface area (Å²) in [5.41, 5.74) is 6.86. The van der Waals surface area contributed by atoms with Gasteiger partial charge in [-0.25, -0.2) is 0 Å².